The predicted octanol–water partition coefficient (Wildman–Crippen LogP) is -0.309. The lowest BCUT2D eigenvalue weighted by Crippen LogP contribution is -2.50. The summed E-state index contributed by atoms with van der Waals surface area (Å²) in [6, 6.07) is -0.506. The maximum atomic E-state index is 11.4. The number of nitrogens with two attached hydrogens (primary N) is 2. The van der Waals surface area contributed by atoms with Gasteiger partial charge in [0.25, 0.3) is 0 Å². The van der Waals surface area contributed by atoms with E-state index in [2.05, 4.69) is 0 Å². The fourth-order valence-corrected chi connectivity index (χ4v) is 2.02. The number of rotatable bonds is 2. The number of halogens is 2. The number of amides is 1. The Morgan fingerprint density at radius 3 is 2.29 bits per heavy atom. The highest BCUT2D eigenvalue weighted by atomic mass is 35.5. The van der Waals surface area contributed by atoms with Crippen LogP contribution in [0.5, 0.6) is 0 Å². The second kappa shape index (κ2) is 8.61. The summed E-state index contributed by atoms with van der Waals surface area (Å²) in [5.41, 5.74) is 10.8. The molecule has 1 heterocycles. The van der Waals surface area contributed by atoms with Gasteiger partial charge in [0.15, 0.2) is 0 Å². The summed E-state index contributed by atoms with van der Waals surface area (Å²) in [4.78, 5) is 13.2. The van der Waals surface area contributed by atoms with E-state index < -0.39 is 6.04 Å². The Balaban J connectivity index is 0. The van der Waals surface area contributed by atoms with Gasteiger partial charge in [0, 0.05) is 31.1 Å². The molecular weight excluding hydrogens is 245 g/mol. The van der Waals surface area contributed by atoms with Crippen LogP contribution < -0.4 is 11.5 Å². The largest absolute Gasteiger partial charge is 0.340 e. The second-order valence-electron chi connectivity index (χ2n) is 2.78. The van der Waals surface area contributed by atoms with Gasteiger partial charge < -0.3 is 16.4 Å². The normalized spacial score (nSPS) is 17.7. The van der Waals surface area contributed by atoms with Gasteiger partial charge in [-0.1, -0.05) is 0 Å². The highest BCUT2D eigenvalue weighted by molar-refractivity contribution is 7.99. The van der Waals surface area contributed by atoms with Crippen molar-refractivity contribution in [1.82, 2.24) is 4.90 Å². The molecule has 7 heteroatoms. The molecule has 0 unspecified atom stereocenters. The summed E-state index contributed by atoms with van der Waals surface area (Å²) >= 11 is 1.87. The van der Waals surface area contributed by atoms with E-state index in [1.807, 2.05) is 11.8 Å². The molecule has 0 spiro atoms. The van der Waals surface area contributed by atoms with Crippen LogP contribution in [0, 0.1) is 0 Å². The first kappa shape index (κ1) is 16.7. The molecule has 0 aromatic rings. The number of hydrogen-bond donors (Lipinski definition) is 2. The first-order valence-corrected chi connectivity index (χ1v) is 5.23. The van der Waals surface area contributed by atoms with Crippen LogP contribution in [0.3, 0.4) is 0 Å². The maximum absolute atomic E-state index is 11.4. The van der Waals surface area contributed by atoms with Gasteiger partial charge in [0.1, 0.15) is 0 Å². The predicted molar refractivity (Wildman–Crippen MR) is 65.4 cm³/mol. The molecule has 0 aliphatic carbocycles. The van der Waals surface area contributed by atoms with Gasteiger partial charge in [0.2, 0.25) is 5.91 Å². The molecule has 14 heavy (non-hydrogen) atoms. The van der Waals surface area contributed by atoms with Crippen molar-refractivity contribution in [2.24, 2.45) is 11.5 Å². The van der Waals surface area contributed by atoms with Gasteiger partial charge in [-0.15, -0.1) is 24.8 Å². The first-order valence-electron chi connectivity index (χ1n) is 4.08. The van der Waals surface area contributed by atoms with E-state index in [-0.39, 0.29) is 37.3 Å². The molecule has 1 atom stereocenters. The Morgan fingerprint density at radius 2 is 1.86 bits per heavy atom. The molecule has 1 amide bonds. The van der Waals surface area contributed by atoms with Gasteiger partial charge in [-0.2, -0.15) is 11.8 Å². The lowest BCUT2D eigenvalue weighted by atomic mass is 10.2. The van der Waals surface area contributed by atoms with Crippen molar-refractivity contribution in [3.63, 3.8) is 0 Å². The molecule has 0 saturated carbocycles. The molecule has 1 aliphatic rings. The molecule has 1 rings (SSSR count). The molecule has 0 aromatic carbocycles. The zero-order chi connectivity index (χ0) is 8.97. The topological polar surface area (TPSA) is 72.3 Å². The van der Waals surface area contributed by atoms with Crippen LogP contribution in [0.25, 0.3) is 0 Å². The first-order chi connectivity index (χ1) is 5.75. The van der Waals surface area contributed by atoms with Gasteiger partial charge in [0.05, 0.1) is 6.04 Å². The van der Waals surface area contributed by atoms with Crippen LogP contribution in [0.1, 0.15) is 0 Å². The number of carbonyl (C=O) groups is 1. The Labute approximate surface area is 101 Å². The Bertz CT molecular complexity index is 167. The smallest absolute Gasteiger partial charge is 0.240 e. The van der Waals surface area contributed by atoms with Crippen LogP contribution in [-0.4, -0.2) is 48.0 Å². The molecule has 0 bridgehead atoms. The Morgan fingerprint density at radius 1 is 1.36 bits per heavy atom. The van der Waals surface area contributed by atoms with Crippen LogP contribution in [0.4, 0.5) is 0 Å². The van der Waals surface area contributed by atoms with Crippen molar-refractivity contribution < 1.29 is 4.79 Å². The van der Waals surface area contributed by atoms with Gasteiger partial charge in [-0.05, 0) is 0 Å². The molecule has 86 valence electrons. The van der Waals surface area contributed by atoms with E-state index >= 15 is 0 Å². The van der Waals surface area contributed by atoms with Crippen molar-refractivity contribution in [3.05, 3.63) is 0 Å². The van der Waals surface area contributed by atoms with Gasteiger partial charge >= 0.3 is 0 Å². The number of hydrogen-bond acceptors (Lipinski definition) is 4. The standard InChI is InChI=1S/C7H15N3OS.2ClH/c8-5-6(9)7(11)10-1-3-12-4-2-10;;/h6H,1-5,8-9H2;2*1H/t6-;;/m1../s1. The quantitative estimate of drug-likeness (QED) is 0.716. The zero-order valence-corrected chi connectivity index (χ0v) is 10.3. The number of carbonyl (C=O) groups excluding carboxylic acids is 1. The molecule has 1 fully saturated rings. The van der Waals surface area contributed by atoms with Gasteiger partial charge in [-0.3, -0.25) is 4.79 Å². The van der Waals surface area contributed by atoms with Crippen LogP contribution in [0.15, 0.2) is 0 Å². The second-order valence-corrected chi connectivity index (χ2v) is 4.00. The number of thioether (sulfide) groups is 1. The van der Waals surface area contributed by atoms with Crippen molar-refractivity contribution in [1.29, 1.82) is 0 Å². The highest BCUT2D eigenvalue weighted by Crippen LogP contribution is 2.09. The third-order valence-electron chi connectivity index (χ3n) is 1.89. The van der Waals surface area contributed by atoms with Crippen molar-refractivity contribution in [2.75, 3.05) is 31.1 Å². The molecule has 1 saturated heterocycles. The Hall–Kier alpha value is 0.320. The van der Waals surface area contributed by atoms with Crippen LogP contribution in [0.2, 0.25) is 0 Å². The third kappa shape index (κ3) is 4.70. The summed E-state index contributed by atoms with van der Waals surface area (Å²) in [5.74, 6) is 2.03. The number of nitrogens with zero attached hydrogens (tertiary/aromatic N) is 1. The van der Waals surface area contributed by atoms with Crippen molar-refractivity contribution in [3.8, 4) is 0 Å². The summed E-state index contributed by atoms with van der Waals surface area (Å²) in [6.07, 6.45) is 0. The zero-order valence-electron chi connectivity index (χ0n) is 7.85. The maximum Gasteiger partial charge on any atom is 0.240 e. The minimum atomic E-state index is -0.506. The summed E-state index contributed by atoms with van der Waals surface area (Å²) in [7, 11) is 0. The van der Waals surface area contributed by atoms with Crippen LogP contribution >= 0.6 is 36.6 Å². The monoisotopic (exact) mass is 261 g/mol. The summed E-state index contributed by atoms with van der Waals surface area (Å²) in [6.45, 7) is 1.87. The van der Waals surface area contributed by atoms with Gasteiger partial charge in [-0.25, -0.2) is 0 Å². The van der Waals surface area contributed by atoms with E-state index in [9.17, 15) is 4.79 Å². The lowest BCUT2D eigenvalue weighted by Gasteiger charge is -2.28. The van der Waals surface area contributed by atoms with Crippen molar-refractivity contribution in [2.45, 2.75) is 6.04 Å². The van der Waals surface area contributed by atoms with E-state index in [0.29, 0.717) is 0 Å². The summed E-state index contributed by atoms with van der Waals surface area (Å²) in [5, 5.41) is 0. The lowest BCUT2D eigenvalue weighted by molar-refractivity contribution is -0.131. The Kier molecular flexibility index (Phi) is 10.3. The van der Waals surface area contributed by atoms with E-state index in [0.717, 1.165) is 24.6 Å². The minimum Gasteiger partial charge on any atom is -0.340 e. The summed E-state index contributed by atoms with van der Waals surface area (Å²) < 4.78 is 0. The average molecular weight is 262 g/mol. The molecule has 1 aliphatic heterocycles. The van der Waals surface area contributed by atoms with Crippen molar-refractivity contribution >= 4 is 42.5 Å². The SMILES string of the molecule is Cl.Cl.NC[C@@H](N)C(=O)N1CCSCC1. The van der Waals surface area contributed by atoms with E-state index in [1.165, 1.54) is 0 Å². The van der Waals surface area contributed by atoms with Crippen LogP contribution in [-0.2, 0) is 4.79 Å². The molecule has 0 radical (unpaired) electrons. The highest BCUT2D eigenvalue weighted by Gasteiger charge is 2.21. The average Bonchev–Trinajstić information content (AvgIpc) is 2.17. The minimum absolute atomic E-state index is 0. The third-order valence-corrected chi connectivity index (χ3v) is 2.84. The van der Waals surface area contributed by atoms with E-state index in [1.54, 1.807) is 4.90 Å². The molecule has 4 N–H and O–H groups in total. The fourth-order valence-electron chi connectivity index (χ4n) is 1.12. The fraction of sp³-hybridized carbons (Fsp3) is 0.857. The van der Waals surface area contributed by atoms with E-state index in [4.69, 9.17) is 11.5 Å². The molecule has 0 aromatic heterocycles. The molecule has 4 nitrogen and oxygen atoms in total. The molecular formula is C7H17Cl2N3OS.